The minimum Gasteiger partial charge on any atom is -0.481 e. The van der Waals surface area contributed by atoms with Gasteiger partial charge in [-0.3, -0.25) is 28.8 Å². The Bertz CT molecular complexity index is 742. The molecule has 0 rings (SSSR count). The van der Waals surface area contributed by atoms with Crippen LogP contribution in [0.4, 0.5) is 0 Å². The predicted octanol–water partition coefficient (Wildman–Crippen LogP) is -5.93. The number of aliphatic hydroxyl groups excluding tert-OH is 1. The number of aliphatic hydroxyl groups is 1. The van der Waals surface area contributed by atoms with E-state index in [2.05, 4.69) is 0 Å². The van der Waals surface area contributed by atoms with Gasteiger partial charge in [0.25, 0.3) is 0 Å². The molecule has 0 spiro atoms. The number of carboxylic acids is 2. The lowest BCUT2D eigenvalue weighted by atomic mass is 10.1. The summed E-state index contributed by atoms with van der Waals surface area (Å²) in [6.07, 6.45) is -2.32. The monoisotopic (exact) mass is 448 g/mol. The van der Waals surface area contributed by atoms with Crippen LogP contribution in [-0.4, -0.2) is 87.6 Å². The fourth-order valence-corrected chi connectivity index (χ4v) is 2.11. The van der Waals surface area contributed by atoms with Crippen molar-refractivity contribution in [2.75, 3.05) is 6.61 Å². The zero-order chi connectivity index (χ0) is 24.3. The van der Waals surface area contributed by atoms with Crippen molar-refractivity contribution in [3.05, 3.63) is 0 Å². The molecule has 174 valence electrons. The van der Waals surface area contributed by atoms with Gasteiger partial charge in [-0.1, -0.05) is 0 Å². The first kappa shape index (κ1) is 27.2. The number of hydrogen-bond acceptors (Lipinski definition) is 9. The Labute approximate surface area is 174 Å². The van der Waals surface area contributed by atoms with Gasteiger partial charge in [-0.25, -0.2) is 4.79 Å². The Morgan fingerprint density at radius 2 is 1.10 bits per heavy atom. The molecule has 0 aliphatic heterocycles. The largest absolute Gasteiger partial charge is 0.481 e. The van der Waals surface area contributed by atoms with Crippen molar-refractivity contribution in [3.8, 4) is 0 Å². The van der Waals surface area contributed by atoms with Crippen LogP contribution in [0.2, 0.25) is 0 Å². The molecule has 4 atom stereocenters. The second kappa shape index (κ2) is 12.7. The molecule has 0 saturated heterocycles. The number of hydrogen-bond donors (Lipinski definition) is 9. The summed E-state index contributed by atoms with van der Waals surface area (Å²) in [5, 5.41) is 32.8. The highest BCUT2D eigenvalue weighted by atomic mass is 16.4. The number of nitrogens with two attached hydrogens (primary N) is 3. The number of amides is 5. The molecule has 16 heteroatoms. The number of carbonyl (C=O) groups is 7. The summed E-state index contributed by atoms with van der Waals surface area (Å²) >= 11 is 0. The average Bonchev–Trinajstić information content (AvgIpc) is 2.63. The summed E-state index contributed by atoms with van der Waals surface area (Å²) in [6.45, 7) is -1.03. The summed E-state index contributed by atoms with van der Waals surface area (Å²) in [5.41, 5.74) is 15.2. The average molecular weight is 448 g/mol. The number of aliphatic carboxylic acids is 2. The maximum atomic E-state index is 12.4. The van der Waals surface area contributed by atoms with Gasteiger partial charge in [0.05, 0.1) is 31.9 Å². The molecule has 5 amide bonds. The summed E-state index contributed by atoms with van der Waals surface area (Å²) in [5.74, 6) is -8.62. The first-order valence-corrected chi connectivity index (χ1v) is 8.57. The summed E-state index contributed by atoms with van der Waals surface area (Å²) in [4.78, 5) is 80.2. The third kappa shape index (κ3) is 10.5. The van der Waals surface area contributed by atoms with Crippen molar-refractivity contribution >= 4 is 41.5 Å². The van der Waals surface area contributed by atoms with Gasteiger partial charge in [-0.2, -0.15) is 0 Å². The number of carbonyl (C=O) groups excluding carboxylic acids is 5. The third-order valence-corrected chi connectivity index (χ3v) is 3.61. The Morgan fingerprint density at radius 1 is 0.677 bits per heavy atom. The van der Waals surface area contributed by atoms with E-state index in [4.69, 9.17) is 27.4 Å². The van der Waals surface area contributed by atoms with E-state index in [1.807, 2.05) is 16.0 Å². The van der Waals surface area contributed by atoms with Crippen LogP contribution in [0.25, 0.3) is 0 Å². The normalized spacial score (nSPS) is 14.3. The topological polar surface area (TPSA) is 294 Å². The van der Waals surface area contributed by atoms with Gasteiger partial charge in [0.15, 0.2) is 0 Å². The van der Waals surface area contributed by atoms with E-state index in [1.54, 1.807) is 0 Å². The zero-order valence-electron chi connectivity index (χ0n) is 16.1. The van der Waals surface area contributed by atoms with Gasteiger partial charge in [0, 0.05) is 0 Å². The van der Waals surface area contributed by atoms with E-state index in [1.165, 1.54) is 0 Å². The van der Waals surface area contributed by atoms with E-state index in [9.17, 15) is 38.7 Å². The highest BCUT2D eigenvalue weighted by Crippen LogP contribution is 1.99. The molecule has 0 radical (unpaired) electrons. The number of primary amides is 2. The van der Waals surface area contributed by atoms with Crippen molar-refractivity contribution in [1.82, 2.24) is 16.0 Å². The first-order valence-electron chi connectivity index (χ1n) is 8.57. The number of carboxylic acid groups (broad SMARTS) is 2. The lowest BCUT2D eigenvalue weighted by Gasteiger charge is -2.23. The molecule has 0 aliphatic rings. The summed E-state index contributed by atoms with van der Waals surface area (Å²) < 4.78 is 0. The molecular weight excluding hydrogens is 424 g/mol. The van der Waals surface area contributed by atoms with Crippen LogP contribution in [-0.2, 0) is 33.6 Å². The molecular formula is C15H24N6O10. The van der Waals surface area contributed by atoms with Gasteiger partial charge in [-0.15, -0.1) is 0 Å². The van der Waals surface area contributed by atoms with Crippen LogP contribution >= 0.6 is 0 Å². The summed E-state index contributed by atoms with van der Waals surface area (Å²) in [7, 11) is 0. The quantitative estimate of drug-likeness (QED) is 0.120. The minimum atomic E-state index is -1.75. The maximum Gasteiger partial charge on any atom is 0.326 e. The van der Waals surface area contributed by atoms with Crippen LogP contribution in [0.5, 0.6) is 0 Å². The van der Waals surface area contributed by atoms with E-state index in [0.717, 1.165) is 0 Å². The van der Waals surface area contributed by atoms with Crippen molar-refractivity contribution in [2.24, 2.45) is 17.2 Å². The van der Waals surface area contributed by atoms with Crippen molar-refractivity contribution < 1.29 is 48.9 Å². The van der Waals surface area contributed by atoms with Gasteiger partial charge < -0.3 is 48.5 Å². The van der Waals surface area contributed by atoms with Gasteiger partial charge in [0.1, 0.15) is 18.1 Å². The van der Waals surface area contributed by atoms with Crippen LogP contribution in [0, 0.1) is 0 Å². The Kier molecular flexibility index (Phi) is 11.2. The molecule has 0 aromatic rings. The molecule has 0 saturated carbocycles. The van der Waals surface area contributed by atoms with Crippen molar-refractivity contribution in [2.45, 2.75) is 43.4 Å². The molecule has 0 aromatic carbocycles. The molecule has 0 aliphatic carbocycles. The zero-order valence-corrected chi connectivity index (χ0v) is 16.1. The Balaban J connectivity index is 5.29. The van der Waals surface area contributed by atoms with E-state index in [0.29, 0.717) is 0 Å². The molecule has 12 N–H and O–H groups in total. The van der Waals surface area contributed by atoms with Gasteiger partial charge >= 0.3 is 11.9 Å². The highest BCUT2D eigenvalue weighted by Gasteiger charge is 2.31. The third-order valence-electron chi connectivity index (χ3n) is 3.61. The fourth-order valence-electron chi connectivity index (χ4n) is 2.11. The maximum absolute atomic E-state index is 12.4. The standard InChI is InChI=1S/C15H24N6O10/c16-5(1-11(25)26)12(27)19-6(2-9(17)23)13(28)21-8(4-22)14(29)20-7(15(30)31)3-10(18)24/h5-8,22H,1-4,16H2,(H2,17,23)(H2,18,24)(H,19,27)(H,20,29)(H,21,28)(H,25,26)(H,30,31). The summed E-state index contributed by atoms with van der Waals surface area (Å²) in [6, 6.07) is -6.75. The number of nitrogens with one attached hydrogen (secondary N) is 3. The van der Waals surface area contributed by atoms with Crippen molar-refractivity contribution in [1.29, 1.82) is 0 Å². The highest BCUT2D eigenvalue weighted by molar-refractivity contribution is 5.97. The first-order chi connectivity index (χ1) is 14.3. The SMILES string of the molecule is NC(=O)CC(NC(=O)C(CO)NC(=O)C(CC(N)=O)NC(=O)C(N)CC(=O)O)C(=O)O. The van der Waals surface area contributed by atoms with E-state index < -0.39 is 91.5 Å². The molecule has 0 heterocycles. The van der Waals surface area contributed by atoms with Crippen LogP contribution in [0.1, 0.15) is 19.3 Å². The van der Waals surface area contributed by atoms with Gasteiger partial charge in [0.2, 0.25) is 29.5 Å². The van der Waals surface area contributed by atoms with Crippen LogP contribution < -0.4 is 33.2 Å². The van der Waals surface area contributed by atoms with Gasteiger partial charge in [-0.05, 0) is 0 Å². The van der Waals surface area contributed by atoms with Crippen LogP contribution in [0.3, 0.4) is 0 Å². The minimum absolute atomic E-state index is 0.767. The molecule has 0 fully saturated rings. The Morgan fingerprint density at radius 3 is 1.52 bits per heavy atom. The second-order valence-corrected chi connectivity index (χ2v) is 6.25. The molecule has 0 bridgehead atoms. The molecule has 16 nitrogen and oxygen atoms in total. The molecule has 31 heavy (non-hydrogen) atoms. The van der Waals surface area contributed by atoms with Crippen molar-refractivity contribution in [3.63, 3.8) is 0 Å². The molecule has 4 unspecified atom stereocenters. The molecule has 0 aromatic heterocycles. The van der Waals surface area contributed by atoms with Crippen LogP contribution in [0.15, 0.2) is 0 Å². The fraction of sp³-hybridized carbons (Fsp3) is 0.533. The number of rotatable bonds is 14. The van der Waals surface area contributed by atoms with E-state index >= 15 is 0 Å². The Hall–Kier alpha value is -3.79. The predicted molar refractivity (Wildman–Crippen MR) is 98.4 cm³/mol. The smallest absolute Gasteiger partial charge is 0.326 e. The second-order valence-electron chi connectivity index (χ2n) is 6.25. The lowest BCUT2D eigenvalue weighted by molar-refractivity contribution is -0.144. The van der Waals surface area contributed by atoms with E-state index in [-0.39, 0.29) is 0 Å². The lowest BCUT2D eigenvalue weighted by Crippen LogP contribution is -2.59.